The number of nitrogens with zero attached hydrogens (tertiary/aromatic N) is 3. The van der Waals surface area contributed by atoms with Gasteiger partial charge in [0.2, 0.25) is 5.95 Å². The largest absolute Gasteiger partial charge is 0.493 e. The van der Waals surface area contributed by atoms with Gasteiger partial charge in [-0.2, -0.15) is 0 Å². The fraction of sp³-hybridized carbons (Fsp3) is 0.545. The van der Waals surface area contributed by atoms with Crippen LogP contribution in [0.1, 0.15) is 36.6 Å². The second-order valence-corrected chi connectivity index (χ2v) is 8.16. The molecule has 7 nitrogen and oxygen atoms in total. The number of fused-ring (bicyclic) bond motifs is 1. The number of benzene rings is 1. The summed E-state index contributed by atoms with van der Waals surface area (Å²) in [6, 6.07) is 6.01. The lowest BCUT2D eigenvalue weighted by molar-refractivity contribution is 0.240. The number of hydrogen-bond acceptors (Lipinski definition) is 6. The monoisotopic (exact) mass is 398 g/mol. The van der Waals surface area contributed by atoms with Gasteiger partial charge >= 0.3 is 0 Å². The van der Waals surface area contributed by atoms with Gasteiger partial charge in [-0.25, -0.2) is 4.98 Å². The highest BCUT2D eigenvalue weighted by atomic mass is 16.5. The van der Waals surface area contributed by atoms with Crippen LogP contribution in [0.5, 0.6) is 11.5 Å². The molecule has 1 aromatic carbocycles. The second kappa shape index (κ2) is 8.45. The Morgan fingerprint density at radius 2 is 2.03 bits per heavy atom. The molecule has 1 fully saturated rings. The molecule has 0 saturated carbocycles. The van der Waals surface area contributed by atoms with Crippen molar-refractivity contribution in [2.24, 2.45) is 5.92 Å². The van der Waals surface area contributed by atoms with Gasteiger partial charge in [-0.15, -0.1) is 0 Å². The maximum atomic E-state index is 12.7. The van der Waals surface area contributed by atoms with Crippen LogP contribution in [0.3, 0.4) is 0 Å². The number of piperidine rings is 1. The number of aromatic nitrogens is 2. The van der Waals surface area contributed by atoms with E-state index in [0.717, 1.165) is 73.3 Å². The van der Waals surface area contributed by atoms with Crippen LogP contribution in [0.4, 0.5) is 5.95 Å². The van der Waals surface area contributed by atoms with E-state index in [1.54, 1.807) is 14.2 Å². The molecule has 3 heterocycles. The summed E-state index contributed by atoms with van der Waals surface area (Å²) in [6.45, 7) is 6.48. The Morgan fingerprint density at radius 3 is 2.79 bits per heavy atom. The highest BCUT2D eigenvalue weighted by Gasteiger charge is 2.24. The van der Waals surface area contributed by atoms with Crippen molar-refractivity contribution >= 4 is 5.95 Å². The molecule has 7 heteroatoms. The molecular weight excluding hydrogens is 368 g/mol. The molecule has 4 rings (SSSR count). The quantitative estimate of drug-likeness (QED) is 0.835. The zero-order valence-corrected chi connectivity index (χ0v) is 17.5. The van der Waals surface area contributed by atoms with E-state index in [1.807, 2.05) is 12.1 Å². The number of hydrogen-bond donors (Lipinski definition) is 1. The molecule has 156 valence electrons. The zero-order chi connectivity index (χ0) is 20.4. The number of methoxy groups -OCH3 is 2. The molecule has 1 unspecified atom stereocenters. The Kier molecular flexibility index (Phi) is 5.76. The van der Waals surface area contributed by atoms with Gasteiger partial charge in [0.1, 0.15) is 0 Å². The molecule has 2 aromatic rings. The van der Waals surface area contributed by atoms with E-state index in [2.05, 4.69) is 27.8 Å². The molecule has 2 aliphatic heterocycles. The maximum Gasteiger partial charge on any atom is 0.255 e. The Morgan fingerprint density at radius 1 is 1.21 bits per heavy atom. The average Bonchev–Trinajstić information content (AvgIpc) is 2.73. The lowest BCUT2D eigenvalue weighted by Gasteiger charge is -2.33. The maximum absolute atomic E-state index is 12.7. The van der Waals surface area contributed by atoms with Crippen LogP contribution in [0.2, 0.25) is 0 Å². The normalized spacial score (nSPS) is 19.7. The molecule has 0 spiro atoms. The third-order valence-electron chi connectivity index (χ3n) is 5.95. The smallest absolute Gasteiger partial charge is 0.255 e. The Labute approximate surface area is 171 Å². The summed E-state index contributed by atoms with van der Waals surface area (Å²) in [5.41, 5.74) is 2.92. The molecule has 0 amide bonds. The molecule has 1 saturated heterocycles. The Bertz CT molecular complexity index is 927. The predicted octanol–water partition coefficient (Wildman–Crippen LogP) is 2.58. The van der Waals surface area contributed by atoms with Gasteiger partial charge in [-0.1, -0.05) is 13.0 Å². The molecule has 0 radical (unpaired) electrons. The van der Waals surface area contributed by atoms with Crippen molar-refractivity contribution in [3.63, 3.8) is 0 Å². The number of H-pyrrole nitrogens is 1. The first kappa shape index (κ1) is 19.8. The van der Waals surface area contributed by atoms with E-state index in [0.29, 0.717) is 12.5 Å². The van der Waals surface area contributed by atoms with Gasteiger partial charge in [-0.3, -0.25) is 14.7 Å². The van der Waals surface area contributed by atoms with Gasteiger partial charge in [0.25, 0.3) is 5.56 Å². The highest BCUT2D eigenvalue weighted by molar-refractivity contribution is 5.43. The van der Waals surface area contributed by atoms with Crippen LogP contribution in [0, 0.1) is 5.92 Å². The molecular formula is C22H30N4O3. The van der Waals surface area contributed by atoms with E-state index in [-0.39, 0.29) is 5.56 Å². The first-order valence-electron chi connectivity index (χ1n) is 10.4. The summed E-state index contributed by atoms with van der Waals surface area (Å²) in [7, 11) is 3.29. The minimum atomic E-state index is 0.0222. The van der Waals surface area contributed by atoms with Gasteiger partial charge in [0.15, 0.2) is 11.5 Å². The fourth-order valence-electron chi connectivity index (χ4n) is 4.38. The number of anilines is 1. The van der Waals surface area contributed by atoms with Crippen LogP contribution in [-0.4, -0.2) is 48.7 Å². The van der Waals surface area contributed by atoms with E-state index in [4.69, 9.17) is 14.5 Å². The van der Waals surface area contributed by atoms with Crippen LogP contribution in [0.25, 0.3) is 0 Å². The Hall–Kier alpha value is -2.54. The number of nitrogens with one attached hydrogen (secondary N) is 1. The van der Waals surface area contributed by atoms with Crippen LogP contribution < -0.4 is 19.9 Å². The highest BCUT2D eigenvalue weighted by Crippen LogP contribution is 2.29. The van der Waals surface area contributed by atoms with Gasteiger partial charge in [0, 0.05) is 38.3 Å². The summed E-state index contributed by atoms with van der Waals surface area (Å²) in [5, 5.41) is 0. The van der Waals surface area contributed by atoms with Gasteiger partial charge in [-0.05, 0) is 42.9 Å². The first-order chi connectivity index (χ1) is 14.1. The number of rotatable bonds is 5. The molecule has 1 aromatic heterocycles. The van der Waals surface area contributed by atoms with Crippen molar-refractivity contribution < 1.29 is 9.47 Å². The molecule has 29 heavy (non-hydrogen) atoms. The van der Waals surface area contributed by atoms with E-state index in [1.165, 1.54) is 6.42 Å². The van der Waals surface area contributed by atoms with Gasteiger partial charge < -0.3 is 14.4 Å². The minimum absolute atomic E-state index is 0.0222. The average molecular weight is 399 g/mol. The summed E-state index contributed by atoms with van der Waals surface area (Å²) < 4.78 is 10.8. The van der Waals surface area contributed by atoms with Crippen LogP contribution in [0.15, 0.2) is 23.0 Å². The summed E-state index contributed by atoms with van der Waals surface area (Å²) in [5.74, 6) is 2.83. The standard InChI is InChI=1S/C22H30N4O3/c1-15-5-4-9-26(12-15)22-23-18-14-25(10-8-17(18)21(27)24-22)13-16-6-7-19(28-2)20(11-16)29-3/h6-7,11,15H,4-5,8-10,12-14H2,1-3H3,(H,23,24,27). The summed E-state index contributed by atoms with van der Waals surface area (Å²) in [4.78, 5) is 25.1. The second-order valence-electron chi connectivity index (χ2n) is 8.16. The lowest BCUT2D eigenvalue weighted by atomic mass is 10.0. The van der Waals surface area contributed by atoms with E-state index < -0.39 is 0 Å². The molecule has 1 N–H and O–H groups in total. The SMILES string of the molecule is COc1ccc(CN2CCc3c(nc(N4CCCC(C)C4)[nH]c3=O)C2)cc1OC. The molecule has 0 bridgehead atoms. The fourth-order valence-corrected chi connectivity index (χ4v) is 4.38. The topological polar surface area (TPSA) is 70.7 Å². The zero-order valence-electron chi connectivity index (χ0n) is 17.5. The molecule has 1 atom stereocenters. The molecule has 0 aliphatic carbocycles. The number of aromatic amines is 1. The number of ether oxygens (including phenoxy) is 2. The minimum Gasteiger partial charge on any atom is -0.493 e. The van der Waals surface area contributed by atoms with Crippen LogP contribution in [-0.2, 0) is 19.5 Å². The first-order valence-corrected chi connectivity index (χ1v) is 10.4. The van der Waals surface area contributed by atoms with Crippen molar-refractivity contribution in [2.45, 2.75) is 39.3 Å². The lowest BCUT2D eigenvalue weighted by Crippen LogP contribution is -2.39. The van der Waals surface area contributed by atoms with Crippen molar-refractivity contribution in [1.82, 2.24) is 14.9 Å². The van der Waals surface area contributed by atoms with Crippen molar-refractivity contribution in [2.75, 3.05) is 38.8 Å². The van der Waals surface area contributed by atoms with Crippen LogP contribution >= 0.6 is 0 Å². The van der Waals surface area contributed by atoms with E-state index >= 15 is 0 Å². The van der Waals surface area contributed by atoms with E-state index in [9.17, 15) is 4.79 Å². The third kappa shape index (κ3) is 4.24. The third-order valence-corrected chi connectivity index (χ3v) is 5.95. The van der Waals surface area contributed by atoms with Gasteiger partial charge in [0.05, 0.1) is 19.9 Å². The summed E-state index contributed by atoms with van der Waals surface area (Å²) >= 11 is 0. The summed E-state index contributed by atoms with van der Waals surface area (Å²) in [6.07, 6.45) is 3.11. The van der Waals surface area contributed by atoms with Crippen molar-refractivity contribution in [1.29, 1.82) is 0 Å². The molecule has 2 aliphatic rings. The Balaban J connectivity index is 1.52. The predicted molar refractivity (Wildman–Crippen MR) is 113 cm³/mol. The van der Waals surface area contributed by atoms with Crippen molar-refractivity contribution in [3.05, 3.63) is 45.4 Å². The van der Waals surface area contributed by atoms with Crippen molar-refractivity contribution in [3.8, 4) is 11.5 Å².